The highest BCUT2D eigenvalue weighted by molar-refractivity contribution is 6.09. The van der Waals surface area contributed by atoms with Gasteiger partial charge in [-0.05, 0) is 68.3 Å². The summed E-state index contributed by atoms with van der Waals surface area (Å²) in [7, 11) is 0. The summed E-state index contributed by atoms with van der Waals surface area (Å²) in [5.74, 6) is -0.0665. The van der Waals surface area contributed by atoms with Crippen LogP contribution in [0.2, 0.25) is 0 Å². The fourth-order valence-electron chi connectivity index (χ4n) is 5.23. The van der Waals surface area contributed by atoms with Crippen molar-refractivity contribution < 1.29 is 28.6 Å². The fourth-order valence-corrected chi connectivity index (χ4v) is 5.23. The van der Waals surface area contributed by atoms with E-state index < -0.39 is 5.97 Å². The van der Waals surface area contributed by atoms with Gasteiger partial charge in [-0.2, -0.15) is 5.10 Å². The smallest absolute Gasteiger partial charge is 0.359 e. The molecule has 0 unspecified atom stereocenters. The number of esters is 1. The Hall–Kier alpha value is -4.18. The van der Waals surface area contributed by atoms with E-state index in [2.05, 4.69) is 5.10 Å². The molecule has 1 atom stereocenters. The van der Waals surface area contributed by atoms with Crippen LogP contribution in [0.3, 0.4) is 0 Å². The highest BCUT2D eigenvalue weighted by Gasteiger charge is 2.36. The minimum atomic E-state index is -0.540. The van der Waals surface area contributed by atoms with Gasteiger partial charge in [-0.15, -0.1) is 0 Å². The van der Waals surface area contributed by atoms with E-state index in [-0.39, 0.29) is 36.8 Å². The van der Waals surface area contributed by atoms with Crippen molar-refractivity contribution in [2.24, 2.45) is 0 Å². The van der Waals surface area contributed by atoms with Crippen molar-refractivity contribution in [1.29, 1.82) is 0 Å². The Morgan fingerprint density at radius 2 is 1.79 bits per heavy atom. The van der Waals surface area contributed by atoms with Crippen LogP contribution in [0.5, 0.6) is 5.75 Å². The minimum absolute atomic E-state index is 0.0471. The lowest BCUT2D eigenvalue weighted by Gasteiger charge is -2.32. The zero-order valence-corrected chi connectivity index (χ0v) is 21.3. The molecule has 3 aliphatic rings. The van der Waals surface area contributed by atoms with Gasteiger partial charge >= 0.3 is 5.97 Å². The van der Waals surface area contributed by atoms with Crippen molar-refractivity contribution >= 4 is 29.2 Å². The van der Waals surface area contributed by atoms with Crippen molar-refractivity contribution in [1.82, 2.24) is 9.78 Å². The van der Waals surface area contributed by atoms with Crippen molar-refractivity contribution in [3.05, 3.63) is 65.0 Å². The zero-order chi connectivity index (χ0) is 26.4. The quantitative estimate of drug-likeness (QED) is 0.481. The van der Waals surface area contributed by atoms with Gasteiger partial charge in [0.15, 0.2) is 5.69 Å². The second kappa shape index (κ2) is 9.60. The second-order valence-electron chi connectivity index (χ2n) is 9.55. The Balaban J connectivity index is 1.35. The van der Waals surface area contributed by atoms with Crippen LogP contribution in [-0.2, 0) is 27.1 Å². The van der Waals surface area contributed by atoms with Crippen LogP contribution in [0.15, 0.2) is 42.5 Å². The molecular formula is C28H28N4O6. The standard InChI is InChI=1S/C28H28N4O6/c1-3-36-28(35)25-22-10-12-30(19-4-6-20(7-5-19)31-15-17(2)38-16-24(31)33)27(34)26(22)32(29-25)21-8-9-23-18(14-21)11-13-37-23/h4-9,14,17H,3,10-13,15-16H2,1-2H3/t17-/m1/s1. The van der Waals surface area contributed by atoms with Gasteiger partial charge in [0.25, 0.3) is 11.8 Å². The SMILES string of the molecule is CCOC(=O)c1nn(-c2ccc3c(c2)CCO3)c2c1CCN(c1ccc(N3C[C@@H](C)OCC3=O)cc1)C2=O. The maximum Gasteiger partial charge on any atom is 0.359 e. The first-order chi connectivity index (χ1) is 18.4. The first-order valence-corrected chi connectivity index (χ1v) is 12.8. The van der Waals surface area contributed by atoms with E-state index in [1.54, 1.807) is 21.4 Å². The van der Waals surface area contributed by atoms with E-state index in [1.165, 1.54) is 0 Å². The van der Waals surface area contributed by atoms with E-state index in [0.29, 0.717) is 48.7 Å². The van der Waals surface area contributed by atoms with Crippen LogP contribution in [0.25, 0.3) is 5.69 Å². The number of benzene rings is 2. The van der Waals surface area contributed by atoms with Crippen LogP contribution in [0, 0.1) is 0 Å². The minimum Gasteiger partial charge on any atom is -0.493 e. The van der Waals surface area contributed by atoms with E-state index >= 15 is 0 Å². The molecule has 0 saturated carbocycles. The number of aromatic nitrogens is 2. The second-order valence-corrected chi connectivity index (χ2v) is 9.55. The van der Waals surface area contributed by atoms with Gasteiger partial charge in [0, 0.05) is 29.9 Å². The summed E-state index contributed by atoms with van der Waals surface area (Å²) in [6.07, 6.45) is 1.17. The van der Waals surface area contributed by atoms with E-state index in [0.717, 1.165) is 23.4 Å². The number of morpholine rings is 1. The molecule has 4 heterocycles. The number of carbonyl (C=O) groups excluding carboxylic acids is 3. The molecule has 2 aromatic carbocycles. The molecule has 6 rings (SSSR count). The predicted octanol–water partition coefficient (Wildman–Crippen LogP) is 2.94. The lowest BCUT2D eigenvalue weighted by molar-refractivity contribution is -0.128. The molecule has 0 aliphatic carbocycles. The highest BCUT2D eigenvalue weighted by atomic mass is 16.5. The maximum atomic E-state index is 13.9. The van der Waals surface area contributed by atoms with Crippen molar-refractivity contribution in [2.75, 3.05) is 42.7 Å². The van der Waals surface area contributed by atoms with Gasteiger partial charge in [-0.1, -0.05) is 0 Å². The molecule has 0 radical (unpaired) electrons. The van der Waals surface area contributed by atoms with E-state index in [4.69, 9.17) is 14.2 Å². The van der Waals surface area contributed by atoms with Crippen molar-refractivity contribution in [3.8, 4) is 11.4 Å². The van der Waals surface area contributed by atoms with Crippen LogP contribution < -0.4 is 14.5 Å². The molecule has 38 heavy (non-hydrogen) atoms. The van der Waals surface area contributed by atoms with Crippen LogP contribution in [-0.4, -0.2) is 66.6 Å². The van der Waals surface area contributed by atoms with Gasteiger partial charge in [0.05, 0.1) is 31.5 Å². The number of anilines is 2. The number of carbonyl (C=O) groups is 3. The molecule has 10 nitrogen and oxygen atoms in total. The lowest BCUT2D eigenvalue weighted by Crippen LogP contribution is -2.45. The molecule has 1 saturated heterocycles. The molecule has 1 fully saturated rings. The van der Waals surface area contributed by atoms with Gasteiger partial charge in [-0.3, -0.25) is 9.59 Å². The Kier molecular flexibility index (Phi) is 6.11. The number of ether oxygens (including phenoxy) is 3. The summed E-state index contributed by atoms with van der Waals surface area (Å²) in [6, 6.07) is 13.0. The molecule has 0 bridgehead atoms. The zero-order valence-electron chi connectivity index (χ0n) is 21.3. The van der Waals surface area contributed by atoms with Crippen LogP contribution >= 0.6 is 0 Å². The average Bonchev–Trinajstić information content (AvgIpc) is 3.55. The number of amides is 2. The highest BCUT2D eigenvalue weighted by Crippen LogP contribution is 2.33. The first-order valence-electron chi connectivity index (χ1n) is 12.8. The largest absolute Gasteiger partial charge is 0.493 e. The predicted molar refractivity (Wildman–Crippen MR) is 138 cm³/mol. The summed E-state index contributed by atoms with van der Waals surface area (Å²) in [6.45, 7) is 5.41. The number of rotatable bonds is 5. The van der Waals surface area contributed by atoms with Gasteiger partial charge in [0.2, 0.25) is 0 Å². The number of hydrogen-bond donors (Lipinski definition) is 0. The van der Waals surface area contributed by atoms with Crippen LogP contribution in [0.1, 0.15) is 46.0 Å². The van der Waals surface area contributed by atoms with E-state index in [9.17, 15) is 14.4 Å². The normalized spacial score (nSPS) is 18.7. The summed E-state index contributed by atoms with van der Waals surface area (Å²) >= 11 is 0. The number of fused-ring (bicyclic) bond motifs is 2. The van der Waals surface area contributed by atoms with E-state index in [1.807, 2.05) is 49.4 Å². The summed E-state index contributed by atoms with van der Waals surface area (Å²) < 4.78 is 17.9. The molecule has 1 aromatic heterocycles. The Bertz CT molecular complexity index is 1430. The molecule has 196 valence electrons. The monoisotopic (exact) mass is 516 g/mol. The molecule has 10 heteroatoms. The lowest BCUT2D eigenvalue weighted by atomic mass is 10.0. The summed E-state index contributed by atoms with van der Waals surface area (Å²) in [4.78, 5) is 42.4. The maximum absolute atomic E-state index is 13.9. The molecule has 0 spiro atoms. The molecule has 3 aromatic rings. The Labute approximate surface area is 219 Å². The topological polar surface area (TPSA) is 103 Å². The van der Waals surface area contributed by atoms with Crippen molar-refractivity contribution in [3.63, 3.8) is 0 Å². The number of nitrogens with zero attached hydrogens (tertiary/aromatic N) is 4. The van der Waals surface area contributed by atoms with Gasteiger partial charge in [-0.25, -0.2) is 9.48 Å². The molecule has 3 aliphatic heterocycles. The number of hydrogen-bond acceptors (Lipinski definition) is 7. The third-order valence-electron chi connectivity index (χ3n) is 7.11. The first kappa shape index (κ1) is 24.2. The third kappa shape index (κ3) is 4.10. The average molecular weight is 517 g/mol. The molecule has 2 amide bonds. The van der Waals surface area contributed by atoms with Gasteiger partial charge < -0.3 is 24.0 Å². The Morgan fingerprint density at radius 1 is 1.05 bits per heavy atom. The molecule has 0 N–H and O–H groups in total. The van der Waals surface area contributed by atoms with Crippen LogP contribution in [0.4, 0.5) is 11.4 Å². The fraction of sp³-hybridized carbons (Fsp3) is 0.357. The third-order valence-corrected chi connectivity index (χ3v) is 7.11. The summed E-state index contributed by atoms with van der Waals surface area (Å²) in [5.41, 5.74) is 4.28. The molecular weight excluding hydrogens is 488 g/mol. The summed E-state index contributed by atoms with van der Waals surface area (Å²) in [5, 5.41) is 4.57. The van der Waals surface area contributed by atoms with Crippen molar-refractivity contribution in [2.45, 2.75) is 32.8 Å². The van der Waals surface area contributed by atoms with Gasteiger partial charge in [0.1, 0.15) is 18.1 Å². The Morgan fingerprint density at radius 3 is 2.55 bits per heavy atom.